The van der Waals surface area contributed by atoms with Gasteiger partial charge in [0.1, 0.15) is 10.7 Å². The summed E-state index contributed by atoms with van der Waals surface area (Å²) in [5.74, 6) is -0.0900. The van der Waals surface area contributed by atoms with Gasteiger partial charge in [-0.2, -0.15) is 0 Å². The Morgan fingerprint density at radius 2 is 2.09 bits per heavy atom. The first-order valence-electron chi connectivity index (χ1n) is 6.34. The predicted molar refractivity (Wildman–Crippen MR) is 95.7 cm³/mol. The predicted octanol–water partition coefficient (Wildman–Crippen LogP) is 3.83. The van der Waals surface area contributed by atoms with Crippen molar-refractivity contribution in [3.05, 3.63) is 39.3 Å². The van der Waals surface area contributed by atoms with E-state index in [0.29, 0.717) is 22.3 Å². The number of thiazole rings is 1. The van der Waals surface area contributed by atoms with Gasteiger partial charge >= 0.3 is 0 Å². The summed E-state index contributed by atoms with van der Waals surface area (Å²) in [4.78, 5) is 18.2. The lowest BCUT2D eigenvalue weighted by Gasteiger charge is -2.15. The van der Waals surface area contributed by atoms with E-state index in [1.54, 1.807) is 29.5 Å². The van der Waals surface area contributed by atoms with Gasteiger partial charge in [0.2, 0.25) is 0 Å². The van der Waals surface area contributed by atoms with Crippen molar-refractivity contribution in [2.75, 3.05) is 27.2 Å². The number of carbonyl (C=O) groups is 1. The molecule has 0 bridgehead atoms. The van der Waals surface area contributed by atoms with Crippen LogP contribution in [0, 0.1) is 0 Å². The van der Waals surface area contributed by atoms with Crippen LogP contribution >= 0.6 is 46.9 Å². The highest BCUT2D eigenvalue weighted by Crippen LogP contribution is 2.30. The lowest BCUT2D eigenvalue weighted by Crippen LogP contribution is -2.32. The maximum Gasteiger partial charge on any atom is 0.273 e. The fraction of sp³-hybridized carbons (Fsp3) is 0.286. The van der Waals surface area contributed by atoms with Gasteiger partial charge in [-0.25, -0.2) is 4.98 Å². The molecule has 0 spiro atoms. The lowest BCUT2D eigenvalue weighted by molar-refractivity contribution is 0.0792. The summed E-state index contributed by atoms with van der Waals surface area (Å²) in [6.45, 7) is 1.38. The summed E-state index contributed by atoms with van der Waals surface area (Å²) in [5, 5.41) is 6.49. The molecule has 0 radical (unpaired) electrons. The zero-order valence-corrected chi connectivity index (χ0v) is 15.2. The molecule has 1 N–H and O–H groups in total. The molecule has 8 heteroatoms. The van der Waals surface area contributed by atoms with Gasteiger partial charge in [0, 0.05) is 31.1 Å². The minimum absolute atomic E-state index is 0. The van der Waals surface area contributed by atoms with Gasteiger partial charge in [0.15, 0.2) is 0 Å². The maximum atomic E-state index is 12.2. The third-order valence-electron chi connectivity index (χ3n) is 2.93. The topological polar surface area (TPSA) is 45.2 Å². The number of aromatic nitrogens is 1. The standard InChI is InChI=1S/C14H15Cl2N3OS.ClH/c1-17-5-6-19(2)14(20)12-8-21-13(18-12)9-3-4-10(15)11(16)7-9;/h3-4,7-8,17H,5-6H2,1-2H3;1H. The quantitative estimate of drug-likeness (QED) is 0.857. The van der Waals surface area contributed by atoms with Crippen molar-refractivity contribution in [1.29, 1.82) is 0 Å². The first-order chi connectivity index (χ1) is 10.0. The maximum absolute atomic E-state index is 12.2. The van der Waals surface area contributed by atoms with Gasteiger partial charge in [-0.05, 0) is 19.2 Å². The molecular formula is C14H16Cl3N3OS. The molecule has 1 aromatic heterocycles. The molecule has 1 aromatic carbocycles. The summed E-state index contributed by atoms with van der Waals surface area (Å²) in [6, 6.07) is 5.31. The second-order valence-electron chi connectivity index (χ2n) is 4.50. The number of benzene rings is 1. The zero-order chi connectivity index (χ0) is 15.4. The molecule has 1 amide bonds. The second-order valence-corrected chi connectivity index (χ2v) is 6.17. The Balaban J connectivity index is 0.00000242. The number of rotatable bonds is 5. The Morgan fingerprint density at radius 3 is 2.73 bits per heavy atom. The van der Waals surface area contributed by atoms with E-state index in [0.717, 1.165) is 17.1 Å². The molecule has 2 rings (SSSR count). The molecule has 22 heavy (non-hydrogen) atoms. The van der Waals surface area contributed by atoms with Crippen molar-refractivity contribution in [3.8, 4) is 10.6 Å². The molecule has 2 aromatic rings. The average Bonchev–Trinajstić information content (AvgIpc) is 2.96. The third-order valence-corrected chi connectivity index (χ3v) is 4.56. The van der Waals surface area contributed by atoms with Crippen molar-refractivity contribution in [2.24, 2.45) is 0 Å². The molecule has 0 saturated heterocycles. The van der Waals surface area contributed by atoms with Crippen LogP contribution in [0.15, 0.2) is 23.6 Å². The largest absolute Gasteiger partial charge is 0.339 e. The van der Waals surface area contributed by atoms with Crippen molar-refractivity contribution in [1.82, 2.24) is 15.2 Å². The van der Waals surface area contributed by atoms with Crippen molar-refractivity contribution in [3.63, 3.8) is 0 Å². The first-order valence-corrected chi connectivity index (χ1v) is 7.97. The van der Waals surface area contributed by atoms with Crippen LogP contribution in [0.25, 0.3) is 10.6 Å². The van der Waals surface area contributed by atoms with Gasteiger partial charge in [-0.15, -0.1) is 23.7 Å². The number of carbonyl (C=O) groups excluding carboxylic acids is 1. The van der Waals surface area contributed by atoms with Crippen molar-refractivity contribution >= 4 is 52.9 Å². The van der Waals surface area contributed by atoms with E-state index in [4.69, 9.17) is 23.2 Å². The van der Waals surface area contributed by atoms with Crippen molar-refractivity contribution < 1.29 is 4.79 Å². The monoisotopic (exact) mass is 379 g/mol. The van der Waals surface area contributed by atoms with Gasteiger partial charge in [0.25, 0.3) is 5.91 Å². The first kappa shape index (κ1) is 19.2. The fourth-order valence-electron chi connectivity index (χ4n) is 1.71. The highest BCUT2D eigenvalue weighted by molar-refractivity contribution is 7.13. The summed E-state index contributed by atoms with van der Waals surface area (Å²) in [6.07, 6.45) is 0. The van der Waals surface area contributed by atoms with E-state index in [1.165, 1.54) is 11.3 Å². The van der Waals surface area contributed by atoms with E-state index < -0.39 is 0 Å². The average molecular weight is 381 g/mol. The Hall–Kier alpha value is -0.850. The summed E-state index contributed by atoms with van der Waals surface area (Å²) in [5.41, 5.74) is 1.30. The molecular weight excluding hydrogens is 365 g/mol. The fourth-order valence-corrected chi connectivity index (χ4v) is 2.80. The summed E-state index contributed by atoms with van der Waals surface area (Å²) >= 11 is 13.3. The van der Waals surface area contributed by atoms with E-state index in [1.807, 2.05) is 13.1 Å². The highest BCUT2D eigenvalue weighted by atomic mass is 35.5. The molecule has 0 aliphatic carbocycles. The molecule has 0 saturated carbocycles. The number of hydrogen-bond acceptors (Lipinski definition) is 4. The minimum atomic E-state index is -0.0900. The molecule has 0 aliphatic rings. The van der Waals surface area contributed by atoms with E-state index >= 15 is 0 Å². The SMILES string of the molecule is CNCCN(C)C(=O)c1csc(-c2ccc(Cl)c(Cl)c2)n1.Cl. The van der Waals surface area contributed by atoms with Crippen LogP contribution in [0.4, 0.5) is 0 Å². The molecule has 4 nitrogen and oxygen atoms in total. The zero-order valence-electron chi connectivity index (χ0n) is 12.1. The third kappa shape index (κ3) is 4.57. The molecule has 1 heterocycles. The molecule has 0 fully saturated rings. The molecule has 0 aliphatic heterocycles. The molecule has 0 atom stereocenters. The summed E-state index contributed by atoms with van der Waals surface area (Å²) in [7, 11) is 3.61. The van der Waals surface area contributed by atoms with E-state index in [9.17, 15) is 4.79 Å². The Kier molecular flexibility index (Phi) is 7.59. The highest BCUT2D eigenvalue weighted by Gasteiger charge is 2.16. The number of nitrogens with zero attached hydrogens (tertiary/aromatic N) is 2. The Bertz CT molecular complexity index is 648. The van der Waals surface area contributed by atoms with Gasteiger partial charge in [-0.3, -0.25) is 4.79 Å². The molecule has 0 unspecified atom stereocenters. The number of halogens is 3. The Morgan fingerprint density at radius 1 is 1.36 bits per heavy atom. The number of hydrogen-bond donors (Lipinski definition) is 1. The van der Waals surface area contributed by atoms with Gasteiger partial charge < -0.3 is 10.2 Å². The van der Waals surface area contributed by atoms with Crippen LogP contribution in [0.5, 0.6) is 0 Å². The van der Waals surface area contributed by atoms with Crippen LogP contribution in [0.2, 0.25) is 10.0 Å². The lowest BCUT2D eigenvalue weighted by atomic mass is 10.2. The van der Waals surface area contributed by atoms with Crippen LogP contribution in [-0.4, -0.2) is 43.0 Å². The van der Waals surface area contributed by atoms with Crippen LogP contribution < -0.4 is 5.32 Å². The number of amides is 1. The van der Waals surface area contributed by atoms with Gasteiger partial charge in [0.05, 0.1) is 10.0 Å². The Labute approximate surface area is 149 Å². The van der Waals surface area contributed by atoms with Crippen LogP contribution in [0.1, 0.15) is 10.5 Å². The molecule has 120 valence electrons. The van der Waals surface area contributed by atoms with E-state index in [2.05, 4.69) is 10.3 Å². The smallest absolute Gasteiger partial charge is 0.273 e. The van der Waals surface area contributed by atoms with E-state index in [-0.39, 0.29) is 18.3 Å². The minimum Gasteiger partial charge on any atom is -0.339 e. The number of nitrogens with one attached hydrogen (secondary N) is 1. The van der Waals surface area contributed by atoms with Crippen LogP contribution in [0.3, 0.4) is 0 Å². The summed E-state index contributed by atoms with van der Waals surface area (Å²) < 4.78 is 0. The van der Waals surface area contributed by atoms with Crippen LogP contribution in [-0.2, 0) is 0 Å². The van der Waals surface area contributed by atoms with Crippen molar-refractivity contribution in [2.45, 2.75) is 0 Å². The van der Waals surface area contributed by atoms with Gasteiger partial charge in [-0.1, -0.05) is 29.3 Å². The normalized spacial score (nSPS) is 10.2. The number of likely N-dealkylation sites (N-methyl/N-ethyl adjacent to an activating group) is 2. The second kappa shape index (κ2) is 8.70.